The zero-order valence-electron chi connectivity index (χ0n) is 15.8. The van der Waals surface area contributed by atoms with Crippen LogP contribution in [0.15, 0.2) is 30.3 Å². The third-order valence-corrected chi connectivity index (χ3v) is 5.28. The molecule has 0 aliphatic heterocycles. The fraction of sp³-hybridized carbons (Fsp3) is 0.571. The van der Waals surface area contributed by atoms with E-state index < -0.39 is 0 Å². The van der Waals surface area contributed by atoms with Gasteiger partial charge in [-0.25, -0.2) is 9.07 Å². The Balaban J connectivity index is 0.00000243. The molecule has 3 rings (SSSR count). The van der Waals surface area contributed by atoms with Crippen LogP contribution in [0.5, 0.6) is 5.88 Å². The lowest BCUT2D eigenvalue weighted by molar-refractivity contribution is 0.209. The van der Waals surface area contributed by atoms with Gasteiger partial charge in [-0.05, 0) is 49.8 Å². The van der Waals surface area contributed by atoms with Crippen LogP contribution in [0.1, 0.15) is 69.7 Å². The van der Waals surface area contributed by atoms with E-state index in [-0.39, 0.29) is 18.2 Å². The summed E-state index contributed by atoms with van der Waals surface area (Å²) in [5.74, 6) is 1.30. The van der Waals surface area contributed by atoms with Gasteiger partial charge in [0.2, 0.25) is 5.88 Å². The Morgan fingerprint density at radius 2 is 1.88 bits per heavy atom. The normalized spacial score (nSPS) is 16.1. The third-order valence-electron chi connectivity index (χ3n) is 5.28. The fourth-order valence-electron chi connectivity index (χ4n) is 3.76. The van der Waals surface area contributed by atoms with E-state index in [9.17, 15) is 4.39 Å². The quantitative estimate of drug-likeness (QED) is 0.578. The van der Waals surface area contributed by atoms with Crippen molar-refractivity contribution in [3.63, 3.8) is 0 Å². The van der Waals surface area contributed by atoms with Crippen LogP contribution in [0.25, 0.3) is 0 Å². The maximum absolute atomic E-state index is 13.1. The van der Waals surface area contributed by atoms with Crippen molar-refractivity contribution >= 4 is 12.4 Å². The molecule has 1 aliphatic carbocycles. The summed E-state index contributed by atoms with van der Waals surface area (Å²) in [6.45, 7) is 4.88. The maximum atomic E-state index is 13.1. The zero-order chi connectivity index (χ0) is 17.6. The summed E-state index contributed by atoms with van der Waals surface area (Å²) >= 11 is 0. The number of hydrogen-bond acceptors (Lipinski definition) is 2. The van der Waals surface area contributed by atoms with Gasteiger partial charge < -0.3 is 4.74 Å². The minimum Gasteiger partial charge on any atom is -0.473 e. The highest BCUT2D eigenvalue weighted by atomic mass is 35.5. The molecule has 0 N–H and O–H groups in total. The summed E-state index contributed by atoms with van der Waals surface area (Å²) in [7, 11) is 0. The van der Waals surface area contributed by atoms with Crippen molar-refractivity contribution in [2.24, 2.45) is 5.92 Å². The molecule has 0 radical (unpaired) electrons. The SMILES string of the molecule is CCCc1cc(OCc2ccc(F)cc2)n(C(C)C2CCCCC2)n1.Cl. The molecule has 0 spiro atoms. The Hall–Kier alpha value is -1.55. The van der Waals surface area contributed by atoms with Crippen molar-refractivity contribution in [3.05, 3.63) is 47.4 Å². The summed E-state index contributed by atoms with van der Waals surface area (Å²) in [5, 5.41) is 4.83. The average molecular weight is 381 g/mol. The van der Waals surface area contributed by atoms with Crippen LogP contribution in [0, 0.1) is 11.7 Å². The van der Waals surface area contributed by atoms with Crippen molar-refractivity contribution < 1.29 is 9.13 Å². The molecule has 144 valence electrons. The number of benzene rings is 1. The molecule has 0 bridgehead atoms. The van der Waals surface area contributed by atoms with E-state index in [1.807, 2.05) is 0 Å². The molecular weight excluding hydrogens is 351 g/mol. The van der Waals surface area contributed by atoms with E-state index >= 15 is 0 Å². The number of ether oxygens (including phenoxy) is 1. The molecule has 0 saturated heterocycles. The number of nitrogens with zero attached hydrogens (tertiary/aromatic N) is 2. The number of aromatic nitrogens is 2. The van der Waals surface area contributed by atoms with Crippen LogP contribution in [0.2, 0.25) is 0 Å². The van der Waals surface area contributed by atoms with E-state index in [1.54, 1.807) is 12.1 Å². The molecule has 1 aromatic heterocycles. The minimum absolute atomic E-state index is 0. The summed E-state index contributed by atoms with van der Waals surface area (Å²) in [6.07, 6.45) is 8.61. The predicted molar refractivity (Wildman–Crippen MR) is 105 cm³/mol. The van der Waals surface area contributed by atoms with Gasteiger partial charge in [0.1, 0.15) is 12.4 Å². The fourth-order valence-corrected chi connectivity index (χ4v) is 3.76. The largest absolute Gasteiger partial charge is 0.473 e. The average Bonchev–Trinajstić information content (AvgIpc) is 3.04. The monoisotopic (exact) mass is 380 g/mol. The second-order valence-corrected chi connectivity index (χ2v) is 7.22. The lowest BCUT2D eigenvalue weighted by atomic mass is 9.85. The van der Waals surface area contributed by atoms with Crippen LogP contribution < -0.4 is 4.74 Å². The van der Waals surface area contributed by atoms with Gasteiger partial charge in [0, 0.05) is 6.07 Å². The van der Waals surface area contributed by atoms with Crippen LogP contribution in [-0.4, -0.2) is 9.78 Å². The maximum Gasteiger partial charge on any atom is 0.212 e. The van der Waals surface area contributed by atoms with Crippen molar-refractivity contribution in [2.45, 2.75) is 71.4 Å². The molecule has 1 aromatic carbocycles. The van der Waals surface area contributed by atoms with Gasteiger partial charge in [-0.1, -0.05) is 44.7 Å². The zero-order valence-corrected chi connectivity index (χ0v) is 16.6. The van der Waals surface area contributed by atoms with Crippen LogP contribution in [0.3, 0.4) is 0 Å². The number of halogens is 2. The molecule has 1 fully saturated rings. The lowest BCUT2D eigenvalue weighted by Crippen LogP contribution is -2.21. The summed E-state index contributed by atoms with van der Waals surface area (Å²) in [5.41, 5.74) is 2.07. The van der Waals surface area contributed by atoms with Gasteiger partial charge >= 0.3 is 0 Å². The van der Waals surface area contributed by atoms with Gasteiger partial charge in [0.05, 0.1) is 11.7 Å². The van der Waals surface area contributed by atoms with Crippen molar-refractivity contribution in [1.29, 1.82) is 0 Å². The van der Waals surface area contributed by atoms with E-state index in [0.717, 1.165) is 30.0 Å². The first-order valence-corrected chi connectivity index (χ1v) is 9.63. The minimum atomic E-state index is -0.218. The van der Waals surface area contributed by atoms with E-state index in [1.165, 1.54) is 44.2 Å². The van der Waals surface area contributed by atoms with Gasteiger partial charge in [-0.3, -0.25) is 0 Å². The third kappa shape index (κ3) is 5.23. The van der Waals surface area contributed by atoms with E-state index in [2.05, 4.69) is 24.6 Å². The topological polar surface area (TPSA) is 27.1 Å². The van der Waals surface area contributed by atoms with Crippen molar-refractivity contribution in [3.8, 4) is 5.88 Å². The summed E-state index contributed by atoms with van der Waals surface area (Å²) in [4.78, 5) is 0. The highest BCUT2D eigenvalue weighted by Crippen LogP contribution is 2.35. The molecule has 1 aliphatic rings. The smallest absolute Gasteiger partial charge is 0.212 e. The summed E-state index contributed by atoms with van der Waals surface area (Å²) < 4.78 is 21.2. The second-order valence-electron chi connectivity index (χ2n) is 7.22. The van der Waals surface area contributed by atoms with Gasteiger partial charge in [0.15, 0.2) is 0 Å². The van der Waals surface area contributed by atoms with Crippen LogP contribution in [-0.2, 0) is 13.0 Å². The highest BCUT2D eigenvalue weighted by molar-refractivity contribution is 5.85. The second kappa shape index (κ2) is 9.96. The molecule has 1 unspecified atom stereocenters. The first kappa shape index (κ1) is 20.8. The Kier molecular flexibility index (Phi) is 7.95. The molecule has 3 nitrogen and oxygen atoms in total. The van der Waals surface area contributed by atoms with Gasteiger partial charge in [0.25, 0.3) is 0 Å². The van der Waals surface area contributed by atoms with E-state index in [0.29, 0.717) is 18.6 Å². The molecule has 26 heavy (non-hydrogen) atoms. The Morgan fingerprint density at radius 1 is 1.19 bits per heavy atom. The molecule has 1 atom stereocenters. The molecule has 1 saturated carbocycles. The molecule has 5 heteroatoms. The van der Waals surface area contributed by atoms with Gasteiger partial charge in [-0.15, -0.1) is 12.4 Å². The Morgan fingerprint density at radius 3 is 2.54 bits per heavy atom. The number of rotatable bonds is 7. The predicted octanol–water partition coefficient (Wildman–Crippen LogP) is 6.12. The van der Waals surface area contributed by atoms with Crippen LogP contribution in [0.4, 0.5) is 4.39 Å². The molecule has 0 amide bonds. The lowest BCUT2D eigenvalue weighted by Gasteiger charge is -2.28. The van der Waals surface area contributed by atoms with Crippen molar-refractivity contribution in [2.75, 3.05) is 0 Å². The Bertz CT molecular complexity index is 665. The van der Waals surface area contributed by atoms with Crippen molar-refractivity contribution in [1.82, 2.24) is 9.78 Å². The molecular formula is C21H30ClFN2O. The summed E-state index contributed by atoms with van der Waals surface area (Å²) in [6, 6.07) is 8.92. The molecule has 1 heterocycles. The first-order valence-electron chi connectivity index (χ1n) is 9.63. The highest BCUT2D eigenvalue weighted by Gasteiger charge is 2.24. The molecule has 2 aromatic rings. The first-order chi connectivity index (χ1) is 12.2. The van der Waals surface area contributed by atoms with Crippen LogP contribution >= 0.6 is 12.4 Å². The van der Waals surface area contributed by atoms with E-state index in [4.69, 9.17) is 9.84 Å². The standard InChI is InChI=1S/C21H29FN2O.ClH/c1-3-7-20-14-21(25-15-17-10-12-19(22)13-11-17)24(23-20)16(2)18-8-5-4-6-9-18;/h10-14,16,18H,3-9,15H2,1-2H3;1H. The number of hydrogen-bond donors (Lipinski definition) is 0. The number of aryl methyl sites for hydroxylation is 1. The van der Waals surface area contributed by atoms with Gasteiger partial charge in [-0.2, -0.15) is 5.10 Å². The Labute approximate surface area is 162 Å².